The highest BCUT2D eigenvalue weighted by Crippen LogP contribution is 2.40. The first-order valence-electron chi connectivity index (χ1n) is 7.12. The Hall–Kier alpha value is -2.43. The molecule has 0 unspecified atom stereocenters. The molecule has 1 aliphatic heterocycles. The van der Waals surface area contributed by atoms with Crippen LogP contribution in [0.4, 0.5) is 14.9 Å². The van der Waals surface area contributed by atoms with Crippen molar-refractivity contribution in [3.05, 3.63) is 59.2 Å². The van der Waals surface area contributed by atoms with Gasteiger partial charge in [0.25, 0.3) is 0 Å². The number of carbonyl (C=O) groups is 1. The molecule has 4 nitrogen and oxygen atoms in total. The minimum atomic E-state index is -0.977. The highest BCUT2D eigenvalue weighted by atomic mass is 19.1. The number of halogens is 1. The van der Waals surface area contributed by atoms with Crippen LogP contribution >= 0.6 is 0 Å². The molecule has 5 heteroatoms. The summed E-state index contributed by atoms with van der Waals surface area (Å²) in [6.45, 7) is 4.39. The van der Waals surface area contributed by atoms with Gasteiger partial charge in [0, 0.05) is 35.8 Å². The number of nitrogens with zero attached hydrogens (tertiary/aromatic N) is 2. The van der Waals surface area contributed by atoms with Gasteiger partial charge in [0.15, 0.2) is 0 Å². The topological polar surface area (TPSA) is 53.4 Å². The van der Waals surface area contributed by atoms with Crippen molar-refractivity contribution < 1.29 is 14.3 Å². The molecule has 0 spiro atoms. The van der Waals surface area contributed by atoms with Crippen LogP contribution in [0.1, 0.15) is 30.7 Å². The van der Waals surface area contributed by atoms with Crippen molar-refractivity contribution in [3.63, 3.8) is 0 Å². The van der Waals surface area contributed by atoms with Gasteiger partial charge in [0.05, 0.1) is 5.69 Å². The first-order valence-corrected chi connectivity index (χ1v) is 7.12. The summed E-state index contributed by atoms with van der Waals surface area (Å²) in [5.41, 5.74) is 2.50. The summed E-state index contributed by atoms with van der Waals surface area (Å²) in [5.74, 6) is -0.278. The van der Waals surface area contributed by atoms with Crippen molar-refractivity contribution in [3.8, 4) is 0 Å². The second-order valence-electron chi connectivity index (χ2n) is 6.21. The number of aromatic nitrogens is 1. The maximum absolute atomic E-state index is 13.7. The average molecular weight is 300 g/mol. The van der Waals surface area contributed by atoms with Gasteiger partial charge in [-0.2, -0.15) is 0 Å². The van der Waals surface area contributed by atoms with Crippen LogP contribution in [0.15, 0.2) is 36.5 Å². The van der Waals surface area contributed by atoms with E-state index >= 15 is 0 Å². The molecule has 0 radical (unpaired) electrons. The molecule has 0 aliphatic carbocycles. The van der Waals surface area contributed by atoms with E-state index in [1.165, 1.54) is 11.0 Å². The number of hydrogen-bond donors (Lipinski definition) is 1. The summed E-state index contributed by atoms with van der Waals surface area (Å²) in [6.07, 6.45) is 1.08. The monoisotopic (exact) mass is 300 g/mol. The zero-order chi connectivity index (χ0) is 15.9. The third-order valence-electron chi connectivity index (χ3n) is 4.07. The van der Waals surface area contributed by atoms with Crippen molar-refractivity contribution in [1.82, 2.24) is 4.98 Å². The van der Waals surface area contributed by atoms with E-state index in [1.807, 2.05) is 13.8 Å². The molecule has 2 aromatic rings. The highest BCUT2D eigenvalue weighted by Gasteiger charge is 2.38. The number of fused-ring (bicyclic) bond motifs is 1. The standard InChI is InChI=1S/C17H17FN2O2/c1-17(2)10-20(16(21)22)15-8-12(19-9-13(15)17)7-11-5-3-4-6-14(11)18/h3-6,8-9H,7,10H2,1-2H3,(H,21,22). The summed E-state index contributed by atoms with van der Waals surface area (Å²) in [7, 11) is 0. The van der Waals surface area contributed by atoms with Gasteiger partial charge in [0.2, 0.25) is 0 Å². The van der Waals surface area contributed by atoms with Crippen molar-refractivity contribution in [1.29, 1.82) is 0 Å². The molecule has 0 fully saturated rings. The molecular formula is C17H17FN2O2. The molecular weight excluding hydrogens is 283 g/mol. The van der Waals surface area contributed by atoms with Crippen LogP contribution in [0.3, 0.4) is 0 Å². The van der Waals surface area contributed by atoms with Gasteiger partial charge < -0.3 is 5.11 Å². The Morgan fingerprint density at radius 2 is 2.14 bits per heavy atom. The van der Waals surface area contributed by atoms with E-state index in [0.717, 1.165) is 5.56 Å². The summed E-state index contributed by atoms with van der Waals surface area (Å²) >= 11 is 0. The second-order valence-corrected chi connectivity index (χ2v) is 6.21. The van der Waals surface area contributed by atoms with E-state index in [9.17, 15) is 14.3 Å². The van der Waals surface area contributed by atoms with Gasteiger partial charge in [-0.15, -0.1) is 0 Å². The lowest BCUT2D eigenvalue weighted by Gasteiger charge is -2.18. The molecule has 1 aromatic carbocycles. The van der Waals surface area contributed by atoms with Gasteiger partial charge >= 0.3 is 6.09 Å². The van der Waals surface area contributed by atoms with Gasteiger partial charge in [-0.1, -0.05) is 32.0 Å². The molecule has 0 bridgehead atoms. The van der Waals surface area contributed by atoms with Gasteiger partial charge in [0.1, 0.15) is 5.82 Å². The number of amides is 1. The van der Waals surface area contributed by atoms with Gasteiger partial charge in [-0.05, 0) is 17.7 Å². The second kappa shape index (κ2) is 5.09. The van der Waals surface area contributed by atoms with E-state index in [0.29, 0.717) is 29.9 Å². The zero-order valence-corrected chi connectivity index (χ0v) is 12.5. The maximum atomic E-state index is 13.7. The van der Waals surface area contributed by atoms with Gasteiger partial charge in [-0.3, -0.25) is 9.88 Å². The van der Waals surface area contributed by atoms with E-state index in [4.69, 9.17) is 0 Å². The van der Waals surface area contributed by atoms with Crippen LogP contribution in [-0.4, -0.2) is 22.7 Å². The Morgan fingerprint density at radius 3 is 2.82 bits per heavy atom. The molecule has 1 N–H and O–H groups in total. The Bertz CT molecular complexity index is 743. The number of carboxylic acid groups (broad SMARTS) is 1. The third-order valence-corrected chi connectivity index (χ3v) is 4.07. The summed E-state index contributed by atoms with van der Waals surface area (Å²) < 4.78 is 13.7. The smallest absolute Gasteiger partial charge is 0.411 e. The lowest BCUT2D eigenvalue weighted by molar-refractivity contribution is 0.201. The highest BCUT2D eigenvalue weighted by molar-refractivity contribution is 5.90. The first kappa shape index (κ1) is 14.5. The number of anilines is 1. The molecule has 0 saturated carbocycles. The number of rotatable bonds is 2. The van der Waals surface area contributed by atoms with Crippen molar-refractivity contribution in [2.75, 3.05) is 11.4 Å². The Balaban J connectivity index is 1.99. The molecule has 114 valence electrons. The van der Waals surface area contributed by atoms with E-state index in [1.54, 1.807) is 30.5 Å². The minimum absolute atomic E-state index is 0.267. The number of pyridine rings is 1. The molecule has 22 heavy (non-hydrogen) atoms. The van der Waals surface area contributed by atoms with Crippen LogP contribution in [0, 0.1) is 5.82 Å². The average Bonchev–Trinajstić information content (AvgIpc) is 2.73. The Morgan fingerprint density at radius 1 is 1.41 bits per heavy atom. The van der Waals surface area contributed by atoms with Crippen molar-refractivity contribution in [2.45, 2.75) is 25.7 Å². The fourth-order valence-electron chi connectivity index (χ4n) is 2.90. The van der Waals surface area contributed by atoms with Crippen LogP contribution in [0.25, 0.3) is 0 Å². The van der Waals surface area contributed by atoms with E-state index < -0.39 is 6.09 Å². The number of hydrogen-bond acceptors (Lipinski definition) is 2. The molecule has 1 aromatic heterocycles. The van der Waals surface area contributed by atoms with Crippen LogP contribution in [0.2, 0.25) is 0 Å². The van der Waals surface area contributed by atoms with Crippen LogP contribution in [-0.2, 0) is 11.8 Å². The third kappa shape index (κ3) is 2.43. The van der Waals surface area contributed by atoms with E-state index in [2.05, 4.69) is 4.98 Å². The van der Waals surface area contributed by atoms with Crippen LogP contribution < -0.4 is 4.90 Å². The Kier molecular flexibility index (Phi) is 3.35. The molecule has 3 rings (SSSR count). The predicted molar refractivity (Wildman–Crippen MR) is 81.8 cm³/mol. The van der Waals surface area contributed by atoms with Crippen LogP contribution in [0.5, 0.6) is 0 Å². The Labute approximate surface area is 128 Å². The fourth-order valence-corrected chi connectivity index (χ4v) is 2.90. The largest absolute Gasteiger partial charge is 0.465 e. The van der Waals surface area contributed by atoms with Crippen molar-refractivity contribution in [2.24, 2.45) is 0 Å². The quantitative estimate of drug-likeness (QED) is 0.922. The molecule has 0 saturated heterocycles. The first-order chi connectivity index (χ1) is 10.4. The van der Waals surface area contributed by atoms with Crippen molar-refractivity contribution >= 4 is 11.8 Å². The maximum Gasteiger partial charge on any atom is 0.411 e. The summed E-state index contributed by atoms with van der Waals surface area (Å²) in [6, 6.07) is 8.30. The fraction of sp³-hybridized carbons (Fsp3) is 0.294. The van der Waals surface area contributed by atoms with E-state index in [-0.39, 0.29) is 11.2 Å². The lowest BCUT2D eigenvalue weighted by atomic mass is 9.88. The molecule has 2 heterocycles. The lowest BCUT2D eigenvalue weighted by Crippen LogP contribution is -2.32. The minimum Gasteiger partial charge on any atom is -0.465 e. The summed E-state index contributed by atoms with van der Waals surface area (Å²) in [5, 5.41) is 9.36. The molecule has 0 atom stereocenters. The molecule has 1 aliphatic rings. The summed E-state index contributed by atoms with van der Waals surface area (Å²) in [4.78, 5) is 17.1. The van der Waals surface area contributed by atoms with Gasteiger partial charge in [-0.25, -0.2) is 9.18 Å². The molecule has 1 amide bonds. The normalized spacial score (nSPS) is 15.7. The zero-order valence-electron chi connectivity index (χ0n) is 12.5. The SMILES string of the molecule is CC1(C)CN(C(=O)O)c2cc(Cc3ccccc3F)ncc21. The number of benzene rings is 1. The predicted octanol–water partition coefficient (Wildman–Crippen LogP) is 3.59.